The first-order valence-corrected chi connectivity index (χ1v) is 8.83. The summed E-state index contributed by atoms with van der Waals surface area (Å²) in [4.78, 5) is 14.2. The van der Waals surface area contributed by atoms with Crippen LogP contribution in [0.4, 0.5) is 4.79 Å². The molecule has 2 amide bonds. The molecule has 1 saturated heterocycles. The van der Waals surface area contributed by atoms with E-state index in [0.29, 0.717) is 36.4 Å². The van der Waals surface area contributed by atoms with Crippen LogP contribution in [0.15, 0.2) is 36.4 Å². The normalized spacial score (nSPS) is 16.8. The molecular weight excluding hydrogens is 356 g/mol. The lowest BCUT2D eigenvalue weighted by Crippen LogP contribution is -2.48. The van der Waals surface area contributed by atoms with E-state index < -0.39 is 0 Å². The van der Waals surface area contributed by atoms with Gasteiger partial charge >= 0.3 is 6.03 Å². The highest BCUT2D eigenvalue weighted by atomic mass is 35.5. The molecule has 8 heteroatoms. The number of piperidine rings is 1. The highest BCUT2D eigenvalue weighted by Gasteiger charge is 2.25. The largest absolute Gasteiger partial charge is 0.480 e. The van der Waals surface area contributed by atoms with Crippen LogP contribution in [0, 0.1) is 0 Å². The van der Waals surface area contributed by atoms with Crippen LogP contribution in [0.3, 0.4) is 0 Å². The zero-order valence-corrected chi connectivity index (χ0v) is 15.3. The van der Waals surface area contributed by atoms with Crippen LogP contribution in [-0.2, 0) is 6.54 Å². The number of rotatable bonds is 5. The summed E-state index contributed by atoms with van der Waals surface area (Å²) in [6, 6.07) is 10.7. The van der Waals surface area contributed by atoms with Gasteiger partial charge in [-0.1, -0.05) is 23.7 Å². The summed E-state index contributed by atoms with van der Waals surface area (Å²) in [7, 11) is 1.53. The molecule has 138 valence electrons. The number of hydrogen-bond acceptors (Lipinski definition) is 5. The molecule has 7 nitrogen and oxygen atoms in total. The van der Waals surface area contributed by atoms with Gasteiger partial charge in [0.15, 0.2) is 0 Å². The van der Waals surface area contributed by atoms with Gasteiger partial charge in [-0.2, -0.15) is 0 Å². The van der Waals surface area contributed by atoms with Gasteiger partial charge in [-0.15, -0.1) is 10.2 Å². The van der Waals surface area contributed by atoms with Crippen molar-refractivity contribution in [2.45, 2.75) is 25.5 Å². The van der Waals surface area contributed by atoms with Crippen molar-refractivity contribution in [2.24, 2.45) is 0 Å². The number of nitrogens with zero attached hydrogens (tertiary/aromatic N) is 3. The number of halogens is 1. The van der Waals surface area contributed by atoms with Crippen LogP contribution in [0.5, 0.6) is 11.8 Å². The van der Waals surface area contributed by atoms with Crippen LogP contribution in [0.1, 0.15) is 18.4 Å². The van der Waals surface area contributed by atoms with E-state index in [9.17, 15) is 4.79 Å². The zero-order chi connectivity index (χ0) is 18.4. The number of nitrogens with one attached hydrogen (secondary N) is 1. The number of ether oxygens (including phenoxy) is 2. The molecule has 0 spiro atoms. The summed E-state index contributed by atoms with van der Waals surface area (Å²) in [5, 5.41) is 11.5. The number of methoxy groups -OCH3 is 1. The first-order chi connectivity index (χ1) is 12.6. The van der Waals surface area contributed by atoms with Crippen molar-refractivity contribution in [3.8, 4) is 11.8 Å². The van der Waals surface area contributed by atoms with Crippen molar-refractivity contribution >= 4 is 17.6 Å². The molecule has 1 N–H and O–H groups in total. The number of carbonyl (C=O) groups excluding carboxylic acids is 1. The van der Waals surface area contributed by atoms with E-state index in [0.717, 1.165) is 18.4 Å². The number of hydrogen-bond donors (Lipinski definition) is 1. The number of likely N-dealkylation sites (tertiary alicyclic amines) is 1. The van der Waals surface area contributed by atoms with Gasteiger partial charge in [0.1, 0.15) is 6.10 Å². The molecule has 1 aliphatic rings. The number of benzene rings is 1. The second-order valence-corrected chi connectivity index (χ2v) is 6.46. The maximum absolute atomic E-state index is 12.4. The summed E-state index contributed by atoms with van der Waals surface area (Å²) in [5.41, 5.74) is 1.00. The van der Waals surface area contributed by atoms with Gasteiger partial charge in [0.05, 0.1) is 13.7 Å². The van der Waals surface area contributed by atoms with Gasteiger partial charge < -0.3 is 19.7 Å². The molecule has 1 aliphatic heterocycles. The second-order valence-electron chi connectivity index (χ2n) is 6.03. The van der Waals surface area contributed by atoms with Gasteiger partial charge in [-0.05, 0) is 30.5 Å². The Bertz CT molecular complexity index is 724. The lowest BCUT2D eigenvalue weighted by molar-refractivity contribution is 0.0967. The van der Waals surface area contributed by atoms with Crippen LogP contribution in [-0.4, -0.2) is 47.4 Å². The molecule has 3 rings (SSSR count). The summed E-state index contributed by atoms with van der Waals surface area (Å²) in [6.07, 6.45) is 1.64. The topological polar surface area (TPSA) is 76.6 Å². The van der Waals surface area contributed by atoms with E-state index in [-0.39, 0.29) is 12.1 Å². The Balaban J connectivity index is 1.50. The van der Waals surface area contributed by atoms with Crippen LogP contribution in [0.25, 0.3) is 0 Å². The van der Waals surface area contributed by atoms with E-state index in [2.05, 4.69) is 15.5 Å². The summed E-state index contributed by atoms with van der Waals surface area (Å²) < 4.78 is 10.8. The summed E-state index contributed by atoms with van der Waals surface area (Å²) >= 11 is 5.87. The molecule has 0 bridgehead atoms. The van der Waals surface area contributed by atoms with E-state index in [4.69, 9.17) is 21.1 Å². The first-order valence-electron chi connectivity index (χ1n) is 8.45. The van der Waals surface area contributed by atoms with E-state index >= 15 is 0 Å². The highest BCUT2D eigenvalue weighted by Crippen LogP contribution is 2.18. The maximum Gasteiger partial charge on any atom is 0.317 e. The number of carbonyl (C=O) groups is 1. The zero-order valence-electron chi connectivity index (χ0n) is 14.5. The Morgan fingerprint density at radius 1 is 1.23 bits per heavy atom. The number of aromatic nitrogens is 2. The predicted octanol–water partition coefficient (Wildman–Crippen LogP) is 2.89. The Morgan fingerprint density at radius 2 is 1.96 bits per heavy atom. The predicted molar refractivity (Wildman–Crippen MR) is 97.5 cm³/mol. The van der Waals surface area contributed by atoms with Crippen molar-refractivity contribution in [1.29, 1.82) is 0 Å². The summed E-state index contributed by atoms with van der Waals surface area (Å²) in [5.74, 6) is 0.864. The minimum absolute atomic E-state index is 0.103. The minimum Gasteiger partial charge on any atom is -0.480 e. The molecule has 0 aliphatic carbocycles. The molecule has 1 unspecified atom stereocenters. The van der Waals surface area contributed by atoms with Gasteiger partial charge in [-0.3, -0.25) is 0 Å². The number of urea groups is 1. The molecular formula is C18H21ClN4O3. The van der Waals surface area contributed by atoms with E-state index in [1.807, 2.05) is 24.3 Å². The number of amides is 2. The third kappa shape index (κ3) is 4.98. The average Bonchev–Trinajstić information content (AvgIpc) is 2.68. The average molecular weight is 377 g/mol. The fraction of sp³-hybridized carbons (Fsp3) is 0.389. The molecule has 0 saturated carbocycles. The third-order valence-corrected chi connectivity index (χ3v) is 4.39. The molecule has 1 atom stereocenters. The SMILES string of the molecule is COc1ccc(OC2CCCN(C(=O)NCc3ccc(Cl)cc3)C2)nn1. The molecule has 26 heavy (non-hydrogen) atoms. The molecule has 1 aromatic carbocycles. The van der Waals surface area contributed by atoms with Crippen LogP contribution >= 0.6 is 11.6 Å². The van der Waals surface area contributed by atoms with Gasteiger partial charge in [0.2, 0.25) is 11.8 Å². The Labute approximate surface area is 157 Å². The fourth-order valence-corrected chi connectivity index (χ4v) is 2.89. The van der Waals surface area contributed by atoms with Crippen LogP contribution < -0.4 is 14.8 Å². The Morgan fingerprint density at radius 3 is 2.65 bits per heavy atom. The third-order valence-electron chi connectivity index (χ3n) is 4.13. The van der Waals surface area contributed by atoms with Gasteiger partial charge in [0, 0.05) is 30.2 Å². The Kier molecular flexibility index (Phi) is 6.12. The fourth-order valence-electron chi connectivity index (χ4n) is 2.76. The van der Waals surface area contributed by atoms with Crippen molar-refractivity contribution in [2.75, 3.05) is 20.2 Å². The molecule has 2 heterocycles. The Hall–Kier alpha value is -2.54. The van der Waals surface area contributed by atoms with Crippen molar-refractivity contribution in [3.05, 3.63) is 47.0 Å². The van der Waals surface area contributed by atoms with E-state index in [1.165, 1.54) is 7.11 Å². The van der Waals surface area contributed by atoms with Crippen molar-refractivity contribution < 1.29 is 14.3 Å². The summed E-state index contributed by atoms with van der Waals surface area (Å²) in [6.45, 7) is 1.68. The van der Waals surface area contributed by atoms with Crippen molar-refractivity contribution in [3.63, 3.8) is 0 Å². The highest BCUT2D eigenvalue weighted by molar-refractivity contribution is 6.30. The minimum atomic E-state index is -0.104. The van der Waals surface area contributed by atoms with Gasteiger partial charge in [-0.25, -0.2) is 4.79 Å². The van der Waals surface area contributed by atoms with Gasteiger partial charge in [0.25, 0.3) is 0 Å². The first kappa shape index (κ1) is 18.3. The maximum atomic E-state index is 12.4. The monoisotopic (exact) mass is 376 g/mol. The molecule has 1 fully saturated rings. The standard InChI is InChI=1S/C18H21ClN4O3/c1-25-16-8-9-17(22-21-16)26-15-3-2-10-23(12-15)18(24)20-11-13-4-6-14(19)7-5-13/h4-9,15H,2-3,10-12H2,1H3,(H,20,24). The quantitative estimate of drug-likeness (QED) is 0.868. The van der Waals surface area contributed by atoms with Crippen LogP contribution in [0.2, 0.25) is 5.02 Å². The molecule has 2 aromatic rings. The smallest absolute Gasteiger partial charge is 0.317 e. The van der Waals surface area contributed by atoms with Crippen molar-refractivity contribution in [1.82, 2.24) is 20.4 Å². The lowest BCUT2D eigenvalue weighted by atomic mass is 10.1. The second kappa shape index (κ2) is 8.71. The lowest BCUT2D eigenvalue weighted by Gasteiger charge is -2.32. The molecule has 0 radical (unpaired) electrons. The molecule has 1 aromatic heterocycles. The van der Waals surface area contributed by atoms with E-state index in [1.54, 1.807) is 17.0 Å².